The number of amides is 4. The highest BCUT2D eigenvalue weighted by Crippen LogP contribution is 2.50. The minimum absolute atomic E-state index is 0.0367. The van der Waals surface area contributed by atoms with Gasteiger partial charge in [0, 0.05) is 77.4 Å². The highest BCUT2D eigenvalue weighted by atomic mass is 32.2. The molecule has 4 aromatic rings. The van der Waals surface area contributed by atoms with Gasteiger partial charge in [-0.25, -0.2) is 0 Å². The molecule has 14 nitrogen and oxygen atoms in total. The number of rotatable bonds is 12. The van der Waals surface area contributed by atoms with Crippen LogP contribution in [0.5, 0.6) is 0 Å². The number of benzene rings is 4. The number of nitrogens with zero attached hydrogens (tertiary/aromatic N) is 6. The van der Waals surface area contributed by atoms with Gasteiger partial charge in [-0.1, -0.05) is 100 Å². The monoisotopic (exact) mass is 900 g/mol. The highest BCUT2D eigenvalue weighted by Gasteiger charge is 2.33. The third-order valence-corrected chi connectivity index (χ3v) is 13.2. The van der Waals surface area contributed by atoms with E-state index in [0.717, 1.165) is 22.9 Å². The molecule has 2 unspecified atom stereocenters. The lowest BCUT2D eigenvalue weighted by molar-refractivity contribution is -0.387. The van der Waals surface area contributed by atoms with Gasteiger partial charge < -0.3 is 19.6 Å². The molecule has 2 aliphatic rings. The van der Waals surface area contributed by atoms with Crippen LogP contribution in [0, 0.1) is 20.2 Å². The highest BCUT2D eigenvalue weighted by molar-refractivity contribution is 7.99. The molecule has 2 heterocycles. The van der Waals surface area contributed by atoms with Gasteiger partial charge in [-0.3, -0.25) is 39.4 Å². The van der Waals surface area contributed by atoms with Gasteiger partial charge in [-0.2, -0.15) is 0 Å². The van der Waals surface area contributed by atoms with Crippen LogP contribution < -0.4 is 0 Å². The number of carbonyl (C=O) groups excluding carboxylic acids is 4. The van der Waals surface area contributed by atoms with Crippen LogP contribution in [0.1, 0.15) is 89.5 Å². The molecule has 340 valence electrons. The van der Waals surface area contributed by atoms with Crippen LogP contribution in [-0.4, -0.2) is 104 Å². The average Bonchev–Trinajstić information content (AvgIpc) is 3.26. The van der Waals surface area contributed by atoms with Crippen LogP contribution in [-0.2, 0) is 19.2 Å². The molecule has 2 fully saturated rings. The second kappa shape index (κ2) is 20.5. The van der Waals surface area contributed by atoms with E-state index in [1.165, 1.54) is 26.0 Å². The summed E-state index contributed by atoms with van der Waals surface area (Å²) in [6.07, 6.45) is 5.95. The van der Waals surface area contributed by atoms with Gasteiger partial charge in [0.25, 0.3) is 11.4 Å². The van der Waals surface area contributed by atoms with Gasteiger partial charge in [0.05, 0.1) is 30.8 Å². The summed E-state index contributed by atoms with van der Waals surface area (Å²) in [6, 6.07) is 20.9. The van der Waals surface area contributed by atoms with Gasteiger partial charge in [0.15, 0.2) is 0 Å². The van der Waals surface area contributed by atoms with Crippen molar-refractivity contribution in [2.75, 3.05) is 39.3 Å². The molecule has 0 aliphatic carbocycles. The fraction of sp³-hybridized carbons (Fsp3) is 0.360. The van der Waals surface area contributed by atoms with Gasteiger partial charge in [-0.05, 0) is 83.3 Å². The van der Waals surface area contributed by atoms with Crippen molar-refractivity contribution in [1.29, 1.82) is 0 Å². The Labute approximate surface area is 384 Å². The van der Waals surface area contributed by atoms with E-state index in [-0.39, 0.29) is 79.8 Å². The largest absolute Gasteiger partial charge is 0.337 e. The lowest BCUT2D eigenvalue weighted by atomic mass is 9.89. The molecule has 65 heavy (non-hydrogen) atoms. The molecular formula is C50H56N6O8S. The number of nitro benzene ring substituents is 2. The van der Waals surface area contributed by atoms with E-state index >= 15 is 0 Å². The first-order valence-corrected chi connectivity index (χ1v) is 22.7. The summed E-state index contributed by atoms with van der Waals surface area (Å²) in [6.45, 7) is 16.9. The topological polar surface area (TPSA) is 168 Å². The van der Waals surface area contributed by atoms with Gasteiger partial charge in [0.2, 0.25) is 23.6 Å². The van der Waals surface area contributed by atoms with Crippen molar-refractivity contribution in [2.45, 2.75) is 89.1 Å². The molecule has 2 saturated heterocycles. The lowest BCUT2D eigenvalue weighted by Crippen LogP contribution is -2.54. The molecule has 0 saturated carbocycles. The van der Waals surface area contributed by atoms with Crippen LogP contribution in [0.2, 0.25) is 0 Å². The van der Waals surface area contributed by atoms with E-state index < -0.39 is 9.85 Å². The molecule has 2 aliphatic heterocycles. The Balaban J connectivity index is 1.48. The predicted octanol–water partition coefficient (Wildman–Crippen LogP) is 9.42. The second-order valence-corrected chi connectivity index (χ2v) is 18.3. The quantitative estimate of drug-likeness (QED) is 0.0764. The normalized spacial score (nSPS) is 16.8. The summed E-state index contributed by atoms with van der Waals surface area (Å²) < 4.78 is 0. The Morgan fingerprint density at radius 2 is 0.969 bits per heavy atom. The summed E-state index contributed by atoms with van der Waals surface area (Å²) in [4.78, 5) is 84.4. The van der Waals surface area contributed by atoms with Crippen molar-refractivity contribution in [2.24, 2.45) is 0 Å². The van der Waals surface area contributed by atoms with Crippen LogP contribution in [0.15, 0.2) is 94.7 Å². The van der Waals surface area contributed by atoms with Crippen molar-refractivity contribution in [3.8, 4) is 22.3 Å². The Morgan fingerprint density at radius 1 is 0.600 bits per heavy atom. The molecule has 0 bridgehead atoms. The molecule has 4 amide bonds. The van der Waals surface area contributed by atoms with Crippen LogP contribution in [0.3, 0.4) is 0 Å². The zero-order valence-electron chi connectivity index (χ0n) is 38.1. The smallest absolute Gasteiger partial charge is 0.291 e. The van der Waals surface area contributed by atoms with E-state index in [2.05, 4.69) is 0 Å². The third-order valence-electron chi connectivity index (χ3n) is 12.1. The molecule has 0 radical (unpaired) electrons. The predicted molar refractivity (Wildman–Crippen MR) is 254 cm³/mol. The molecular weight excluding hydrogens is 845 g/mol. The SMILES string of the molecule is CC(=O)N1CCN(C(=O)/C=C/c2ccc(Sc3ccc(/C=C/C(=O)N4CCN(C(C)=O)C(C)C4)c(-c4ccccc4C(C)C)c3[N+](=O)[O-])c([N+](=O)[O-])c2-c2ccccc2C(C)C)CC1C. The van der Waals surface area contributed by atoms with Crippen LogP contribution >= 0.6 is 11.8 Å². The maximum atomic E-state index is 13.6. The summed E-state index contributed by atoms with van der Waals surface area (Å²) in [5, 5.41) is 26.9. The number of nitro groups is 2. The maximum Gasteiger partial charge on any atom is 0.291 e. The van der Waals surface area contributed by atoms with Gasteiger partial charge in [-0.15, -0.1) is 0 Å². The first kappa shape index (κ1) is 47.9. The van der Waals surface area contributed by atoms with E-state index in [0.29, 0.717) is 61.5 Å². The number of carbonyl (C=O) groups is 4. The van der Waals surface area contributed by atoms with Crippen LogP contribution in [0.25, 0.3) is 34.4 Å². The van der Waals surface area contributed by atoms with Gasteiger partial charge >= 0.3 is 0 Å². The Bertz CT molecular complexity index is 2410. The van der Waals surface area contributed by atoms with Crippen molar-refractivity contribution in [3.63, 3.8) is 0 Å². The molecule has 6 rings (SSSR count). The Morgan fingerprint density at radius 3 is 1.29 bits per heavy atom. The minimum atomic E-state index is -0.475. The van der Waals surface area contributed by atoms with E-state index in [4.69, 9.17) is 0 Å². The van der Waals surface area contributed by atoms with Crippen molar-refractivity contribution < 1.29 is 29.0 Å². The van der Waals surface area contributed by atoms with Crippen molar-refractivity contribution in [1.82, 2.24) is 19.6 Å². The number of piperazine rings is 2. The molecule has 2 atom stereocenters. The lowest BCUT2D eigenvalue weighted by Gasteiger charge is -2.39. The first-order chi connectivity index (χ1) is 30.9. The average molecular weight is 901 g/mol. The van der Waals surface area contributed by atoms with Crippen molar-refractivity contribution in [3.05, 3.63) is 127 Å². The standard InChI is InChI=1S/C50H56N6O8S/c1-31(2)39-13-9-11-15-41(39)47-37(19-23-45(59)51-25-27-53(35(7)57)33(5)29-51)17-21-43(49(47)55(61)62)65-44-22-18-38(20-24-46(60)52-26-28-54(36(8)58)34(6)30-52)48(50(44)56(63)64)42-16-12-10-14-40(42)32(3)4/h9-24,31-34H,25-30H2,1-8H3/b23-19+,24-20+. The Kier molecular flexibility index (Phi) is 15.1. The summed E-state index contributed by atoms with van der Waals surface area (Å²) >= 11 is 0.914. The van der Waals surface area contributed by atoms with E-state index in [9.17, 15) is 39.4 Å². The van der Waals surface area contributed by atoms with E-state index in [1.54, 1.807) is 68.1 Å². The minimum Gasteiger partial charge on any atom is -0.337 e. The van der Waals surface area contributed by atoms with Crippen molar-refractivity contribution >= 4 is 58.9 Å². The summed E-state index contributed by atoms with van der Waals surface area (Å²) in [7, 11) is 0. The fourth-order valence-electron chi connectivity index (χ4n) is 8.91. The number of hydrogen-bond donors (Lipinski definition) is 0. The number of hydrogen-bond acceptors (Lipinski definition) is 9. The summed E-state index contributed by atoms with van der Waals surface area (Å²) in [5.41, 5.74) is 3.70. The molecule has 4 aromatic carbocycles. The van der Waals surface area contributed by atoms with Gasteiger partial charge in [0.1, 0.15) is 0 Å². The molecule has 0 aromatic heterocycles. The first-order valence-electron chi connectivity index (χ1n) is 21.9. The molecule has 0 N–H and O–H groups in total. The van der Waals surface area contributed by atoms with Crippen LogP contribution in [0.4, 0.5) is 11.4 Å². The third kappa shape index (κ3) is 10.5. The zero-order chi connectivity index (χ0) is 47.3. The Hall–Kier alpha value is -6.61. The fourth-order valence-corrected chi connectivity index (χ4v) is 9.96. The zero-order valence-corrected chi connectivity index (χ0v) is 39.0. The second-order valence-electron chi connectivity index (χ2n) is 17.2. The summed E-state index contributed by atoms with van der Waals surface area (Å²) in [5.74, 6) is -0.790. The maximum absolute atomic E-state index is 13.6. The molecule has 0 spiro atoms. The molecule has 15 heteroatoms. The van der Waals surface area contributed by atoms with E-state index in [1.807, 2.05) is 77.9 Å².